The zero-order valence-corrected chi connectivity index (χ0v) is 59.8. The molecule has 2 aromatic carbocycles. The van der Waals surface area contributed by atoms with Gasteiger partial charge in [-0.05, 0) is 67.2 Å². The van der Waals surface area contributed by atoms with Gasteiger partial charge in [-0.2, -0.15) is 35.3 Å². The second kappa shape index (κ2) is 43.3. The Bertz CT molecular complexity index is 3180. The van der Waals surface area contributed by atoms with E-state index in [1.54, 1.807) is 52.0 Å². The average Bonchev–Trinajstić information content (AvgIpc) is 1.68. The lowest BCUT2D eigenvalue weighted by Gasteiger charge is -2.32. The number of rotatable bonds is 25. The van der Waals surface area contributed by atoms with Crippen LogP contribution in [0.3, 0.4) is 0 Å². The number of benzene rings is 2. The van der Waals surface area contributed by atoms with Gasteiger partial charge >= 0.3 is 23.9 Å². The summed E-state index contributed by atoms with van der Waals surface area (Å²) >= 11 is 4.12. The van der Waals surface area contributed by atoms with Crippen molar-refractivity contribution < 1.29 is 87.5 Å². The van der Waals surface area contributed by atoms with E-state index in [2.05, 4.69) is 31.6 Å². The summed E-state index contributed by atoms with van der Waals surface area (Å²) in [5.74, 6) is -9.80. The Morgan fingerprint density at radius 1 is 0.634 bits per heavy atom. The first-order valence-electron chi connectivity index (χ1n) is 34.0. The van der Waals surface area contributed by atoms with E-state index in [1.165, 1.54) is 58.4 Å². The van der Waals surface area contributed by atoms with Gasteiger partial charge in [-0.3, -0.25) is 77.1 Å². The van der Waals surface area contributed by atoms with Crippen molar-refractivity contribution in [3.63, 3.8) is 0 Å². The smallest absolute Gasteiger partial charge is 0.327 e. The number of carboxylic acids is 4. The number of hydrogen-bond donors (Lipinski definition) is 10. The lowest BCUT2D eigenvalue weighted by molar-refractivity contribution is -0.147. The standard InChI is InChI=1S/C67H97N13O18S3/c1-3-49-61(90)72-50(15-16-55(68)81)62(91)73-51(33-44-10-5-4-6-11-44)63(92)74-52(67(96)97)43-101-41-47-31-45(39-99-29-17-69-57(83)35-75-20-22-76(36-58(84)85)24-26-78(38-60(88)89)27-25-77(23-21-75)37-59(86)87)30-46(32-47)40-100-42-48(34-70-56(82)14-9-28-98-2)65(94)80-19-8-13-54(80)66(95)79-18-7-12-53(79)64(93)71-49/h4-6,10-11,30-32,34,48-54H,3,7-9,12-29,33,35-43H2,1-2H3,(H2,68,81)(H,69,83)(H,71,93)(H,72,90)(H,73,91)(H,74,92)(H,84,85)(H,86,87)(H,88,89)(H,96,97)/t48?,49-,50-,51-,52-,53-,54-/m0/s1. The maximum atomic E-state index is 14.9. The van der Waals surface area contributed by atoms with Gasteiger partial charge in [0.1, 0.15) is 36.3 Å². The quantitative estimate of drug-likeness (QED) is 0.0445. The van der Waals surface area contributed by atoms with E-state index in [0.29, 0.717) is 55.1 Å². The number of nitrogens with two attached hydrogens (primary N) is 1. The number of primary amides is 1. The topological polar surface area (TPSA) is 430 Å². The minimum absolute atomic E-state index is 0.0268. The Kier molecular flexibility index (Phi) is 35.2. The molecule has 6 rings (SSSR count). The van der Waals surface area contributed by atoms with Crippen molar-refractivity contribution >= 4 is 119 Å². The molecule has 101 heavy (non-hydrogen) atoms. The predicted octanol–water partition coefficient (Wildman–Crippen LogP) is -0.444. The minimum Gasteiger partial charge on any atom is -0.480 e. The molecule has 0 spiro atoms. The number of carboxylic acid groups (broad SMARTS) is 4. The number of fused-ring (bicyclic) bond motifs is 4. The summed E-state index contributed by atoms with van der Waals surface area (Å²) in [6.07, 6.45) is 2.45. The highest BCUT2D eigenvalue weighted by molar-refractivity contribution is 7.99. The van der Waals surface area contributed by atoms with E-state index in [4.69, 9.17) is 10.5 Å². The number of aliphatic imine (C=N–C) groups is 1. The molecule has 11 N–H and O–H groups in total. The normalized spacial score (nSPS) is 23.2. The fraction of sp³-hybridized carbons (Fsp3) is 0.612. The van der Waals surface area contributed by atoms with Crippen LogP contribution in [0.2, 0.25) is 0 Å². The third kappa shape index (κ3) is 28.9. The molecule has 2 aromatic rings. The van der Waals surface area contributed by atoms with E-state index < -0.39 is 113 Å². The lowest BCUT2D eigenvalue weighted by atomic mass is 10.0. The van der Waals surface area contributed by atoms with E-state index in [1.807, 2.05) is 23.1 Å². The molecule has 0 aromatic heterocycles. The first-order chi connectivity index (χ1) is 48.4. The molecular formula is C67H97N13O18S3. The van der Waals surface area contributed by atoms with E-state index in [0.717, 1.165) is 16.7 Å². The highest BCUT2D eigenvalue weighted by atomic mass is 32.2. The number of nitrogens with zero attached hydrogens (tertiary/aromatic N) is 7. The molecule has 9 amide bonds. The van der Waals surface area contributed by atoms with Crippen molar-refractivity contribution in [3.05, 3.63) is 70.8 Å². The van der Waals surface area contributed by atoms with Gasteiger partial charge in [-0.25, -0.2) is 9.79 Å². The van der Waals surface area contributed by atoms with Crippen LogP contribution in [0.15, 0.2) is 53.5 Å². The molecule has 3 saturated heterocycles. The van der Waals surface area contributed by atoms with Crippen LogP contribution in [0.4, 0.5) is 0 Å². The SMILES string of the molecule is CC[C@@H]1NC(=O)[C@@H]2CCCN2C(=O)[C@@H]2CCCN2C(=O)C(C=NC(=O)CCCOC)CSCc2cc(CSCCNC(=O)CN3CCN(CC(=O)O)CCN(CC(=O)O)CCN(CC(=O)O)CC3)cc(c2)CSC[C@@H](C(=O)O)NC(=O)[C@H](Cc2ccccc2)NC(=O)[C@H](CCC(N)=O)NC1=O. The third-order valence-electron chi connectivity index (χ3n) is 17.4. The summed E-state index contributed by atoms with van der Waals surface area (Å²) in [4.78, 5) is 188. The predicted molar refractivity (Wildman–Crippen MR) is 378 cm³/mol. The van der Waals surface area contributed by atoms with Crippen LogP contribution < -0.4 is 32.3 Å². The number of hydrogen-bond acceptors (Lipinski definition) is 21. The maximum Gasteiger partial charge on any atom is 0.327 e. The Morgan fingerprint density at radius 2 is 1.16 bits per heavy atom. The molecule has 34 heteroatoms. The molecule has 7 atom stereocenters. The summed E-state index contributed by atoms with van der Waals surface area (Å²) in [5.41, 5.74) is 8.57. The van der Waals surface area contributed by atoms with Gasteiger partial charge in [0.05, 0.1) is 32.1 Å². The molecular weight excluding hydrogens is 1370 g/mol. The van der Waals surface area contributed by atoms with E-state index >= 15 is 0 Å². The summed E-state index contributed by atoms with van der Waals surface area (Å²) in [6.45, 7) is 3.47. The molecule has 0 saturated carbocycles. The monoisotopic (exact) mass is 1470 g/mol. The van der Waals surface area contributed by atoms with Crippen LogP contribution in [0.5, 0.6) is 0 Å². The number of methoxy groups -OCH3 is 1. The van der Waals surface area contributed by atoms with Gasteiger partial charge in [0.2, 0.25) is 53.2 Å². The summed E-state index contributed by atoms with van der Waals surface area (Å²) < 4.78 is 5.12. The number of thioether (sulfide) groups is 3. The molecule has 1 unspecified atom stereocenters. The zero-order valence-electron chi connectivity index (χ0n) is 57.3. The number of carbonyl (C=O) groups excluding carboxylic acids is 9. The molecule has 3 fully saturated rings. The van der Waals surface area contributed by atoms with Crippen LogP contribution in [-0.4, -0.2) is 298 Å². The molecule has 4 heterocycles. The molecule has 0 radical (unpaired) electrons. The Hall–Kier alpha value is -7.73. The summed E-state index contributed by atoms with van der Waals surface area (Å²) in [7, 11) is 1.51. The number of ether oxygens (including phenoxy) is 1. The molecule has 2 bridgehead atoms. The number of aliphatic carboxylic acids is 4. The number of carbonyl (C=O) groups is 13. The minimum atomic E-state index is -1.48. The van der Waals surface area contributed by atoms with Gasteiger partial charge in [0, 0.05) is 146 Å². The number of nitrogens with one attached hydrogen (secondary N) is 5. The van der Waals surface area contributed by atoms with Crippen molar-refractivity contribution in [1.29, 1.82) is 0 Å². The van der Waals surface area contributed by atoms with Crippen LogP contribution in [0.1, 0.15) is 87.0 Å². The van der Waals surface area contributed by atoms with Gasteiger partial charge in [-0.15, -0.1) is 0 Å². The van der Waals surface area contributed by atoms with Crippen LogP contribution in [0, 0.1) is 5.92 Å². The van der Waals surface area contributed by atoms with Gasteiger partial charge < -0.3 is 67.3 Å². The highest BCUT2D eigenvalue weighted by Gasteiger charge is 2.44. The van der Waals surface area contributed by atoms with Gasteiger partial charge in [0.15, 0.2) is 0 Å². The Balaban J connectivity index is 1.26. The number of amides is 9. The Labute approximate surface area is 600 Å². The van der Waals surface area contributed by atoms with Crippen LogP contribution in [0.25, 0.3) is 0 Å². The highest BCUT2D eigenvalue weighted by Crippen LogP contribution is 2.29. The fourth-order valence-corrected chi connectivity index (χ4v) is 15.0. The van der Waals surface area contributed by atoms with Crippen LogP contribution in [-0.2, 0) is 90.7 Å². The third-order valence-corrected chi connectivity index (χ3v) is 20.7. The second-order valence-corrected chi connectivity index (χ2v) is 28.5. The molecule has 0 aliphatic carbocycles. The first kappa shape index (κ1) is 82.2. The lowest BCUT2D eigenvalue weighted by Crippen LogP contribution is -2.59. The summed E-state index contributed by atoms with van der Waals surface area (Å²) in [5, 5.41) is 53.0. The first-order valence-corrected chi connectivity index (χ1v) is 37.5. The van der Waals surface area contributed by atoms with Crippen molar-refractivity contribution in [3.8, 4) is 0 Å². The van der Waals surface area contributed by atoms with E-state index in [9.17, 15) is 82.8 Å². The van der Waals surface area contributed by atoms with Crippen LogP contribution >= 0.6 is 35.3 Å². The second-order valence-electron chi connectivity index (χ2n) is 25.3. The maximum absolute atomic E-state index is 14.9. The van der Waals surface area contributed by atoms with Gasteiger partial charge in [-0.1, -0.05) is 55.5 Å². The zero-order chi connectivity index (χ0) is 73.4. The van der Waals surface area contributed by atoms with Gasteiger partial charge in [0.25, 0.3) is 0 Å². The molecule has 556 valence electrons. The van der Waals surface area contributed by atoms with Crippen molar-refractivity contribution in [1.82, 2.24) is 56.0 Å². The van der Waals surface area contributed by atoms with Crippen molar-refractivity contribution in [2.75, 3.05) is 129 Å². The molecule has 4 aliphatic rings. The largest absolute Gasteiger partial charge is 0.480 e. The average molecular weight is 1470 g/mol. The Morgan fingerprint density at radius 3 is 1.71 bits per heavy atom. The van der Waals surface area contributed by atoms with Crippen molar-refractivity contribution in [2.45, 2.75) is 125 Å². The summed E-state index contributed by atoms with van der Waals surface area (Å²) in [6, 6.07) is 6.89. The van der Waals surface area contributed by atoms with E-state index in [-0.39, 0.29) is 160 Å². The molecule has 31 nitrogen and oxygen atoms in total. The van der Waals surface area contributed by atoms with Crippen molar-refractivity contribution in [2.24, 2.45) is 16.6 Å². The fourth-order valence-electron chi connectivity index (χ4n) is 12.2. The molecule has 4 aliphatic heterocycles.